The Kier molecular flexibility index (Phi) is 8.31. The van der Waals surface area contributed by atoms with E-state index in [1.807, 2.05) is 30.2 Å². The maximum atomic E-state index is 5.49. The highest BCUT2D eigenvalue weighted by Crippen LogP contribution is 2.17. The molecule has 2 saturated heterocycles. The zero-order chi connectivity index (χ0) is 19.2. The number of nitrogens with one attached hydrogen (secondary N) is 1. The van der Waals surface area contributed by atoms with Gasteiger partial charge in [-0.3, -0.25) is 14.6 Å². The molecule has 1 aromatic carbocycles. The molecule has 2 aromatic rings. The first-order valence-corrected chi connectivity index (χ1v) is 10.1. The van der Waals surface area contributed by atoms with E-state index in [0.29, 0.717) is 6.04 Å². The van der Waals surface area contributed by atoms with E-state index in [9.17, 15) is 0 Å². The Morgan fingerprint density at radius 1 is 1.17 bits per heavy atom. The summed E-state index contributed by atoms with van der Waals surface area (Å²) in [7, 11) is 1.88. The molecule has 7 nitrogen and oxygen atoms in total. The lowest BCUT2D eigenvalue weighted by Crippen LogP contribution is -2.46. The smallest absolute Gasteiger partial charge is 0.193 e. The van der Waals surface area contributed by atoms with Gasteiger partial charge in [-0.25, -0.2) is 0 Å². The Hall–Kier alpha value is -1.65. The fourth-order valence-electron chi connectivity index (χ4n) is 4.13. The van der Waals surface area contributed by atoms with Crippen molar-refractivity contribution in [1.29, 1.82) is 0 Å². The van der Waals surface area contributed by atoms with Gasteiger partial charge in [0.05, 0.1) is 19.8 Å². The molecule has 0 bridgehead atoms. The van der Waals surface area contributed by atoms with Crippen LogP contribution >= 0.6 is 24.0 Å². The molecule has 2 fully saturated rings. The summed E-state index contributed by atoms with van der Waals surface area (Å²) in [4.78, 5) is 9.49. The van der Waals surface area contributed by atoms with Gasteiger partial charge < -0.3 is 15.0 Å². The SMILES string of the molecule is CN=C(NCc1ccccc1Cn1cccn1)N1CCC(N2CCOCC2)C1.I. The topological polar surface area (TPSA) is 57.9 Å². The van der Waals surface area contributed by atoms with Crippen molar-refractivity contribution in [3.63, 3.8) is 0 Å². The van der Waals surface area contributed by atoms with Crippen molar-refractivity contribution >= 4 is 29.9 Å². The Labute approximate surface area is 190 Å². The molecule has 1 N–H and O–H groups in total. The number of aromatic nitrogens is 2. The van der Waals surface area contributed by atoms with Crippen molar-refractivity contribution in [3.8, 4) is 0 Å². The monoisotopic (exact) mass is 510 g/mol. The fraction of sp³-hybridized carbons (Fsp3) is 0.524. The van der Waals surface area contributed by atoms with Gasteiger partial charge in [-0.15, -0.1) is 24.0 Å². The van der Waals surface area contributed by atoms with Crippen LogP contribution in [0.5, 0.6) is 0 Å². The van der Waals surface area contributed by atoms with Crippen molar-refractivity contribution in [1.82, 2.24) is 24.9 Å². The van der Waals surface area contributed by atoms with Crippen LogP contribution in [0.3, 0.4) is 0 Å². The number of morpholine rings is 1. The summed E-state index contributed by atoms with van der Waals surface area (Å²) in [6.07, 6.45) is 5.01. The Morgan fingerprint density at radius 3 is 2.69 bits per heavy atom. The first-order valence-electron chi connectivity index (χ1n) is 10.1. The van der Waals surface area contributed by atoms with E-state index >= 15 is 0 Å². The first-order chi connectivity index (χ1) is 13.8. The third kappa shape index (κ3) is 5.70. The second-order valence-corrected chi connectivity index (χ2v) is 7.41. The van der Waals surface area contributed by atoms with Gasteiger partial charge in [0.2, 0.25) is 0 Å². The largest absolute Gasteiger partial charge is 0.379 e. The fourth-order valence-corrected chi connectivity index (χ4v) is 4.13. The van der Waals surface area contributed by atoms with Crippen LogP contribution in [-0.2, 0) is 17.8 Å². The van der Waals surface area contributed by atoms with E-state index in [0.717, 1.165) is 58.4 Å². The molecule has 0 saturated carbocycles. The molecule has 0 amide bonds. The molecule has 0 radical (unpaired) electrons. The Bertz CT molecular complexity index is 775. The molecular weight excluding hydrogens is 479 g/mol. The van der Waals surface area contributed by atoms with Gasteiger partial charge >= 0.3 is 0 Å². The normalized spacial score (nSPS) is 20.5. The zero-order valence-electron chi connectivity index (χ0n) is 17.0. The predicted octanol–water partition coefficient (Wildman–Crippen LogP) is 2.03. The maximum absolute atomic E-state index is 5.49. The molecule has 1 atom stereocenters. The number of guanidine groups is 1. The molecule has 4 rings (SSSR count). The molecule has 1 unspecified atom stereocenters. The van der Waals surface area contributed by atoms with Crippen molar-refractivity contribution in [2.75, 3.05) is 46.4 Å². The molecule has 2 aliphatic rings. The van der Waals surface area contributed by atoms with Crippen LogP contribution in [0.4, 0.5) is 0 Å². The van der Waals surface area contributed by atoms with E-state index in [1.54, 1.807) is 0 Å². The van der Waals surface area contributed by atoms with Crippen LogP contribution in [0, 0.1) is 0 Å². The molecule has 29 heavy (non-hydrogen) atoms. The van der Waals surface area contributed by atoms with Crippen LogP contribution in [0.25, 0.3) is 0 Å². The minimum atomic E-state index is 0. The molecule has 1 aromatic heterocycles. The highest BCUT2D eigenvalue weighted by atomic mass is 127. The van der Waals surface area contributed by atoms with E-state index in [4.69, 9.17) is 4.74 Å². The standard InChI is InChI=1S/C21H30N6O.HI/c1-22-21(26-10-7-20(17-26)25-11-13-28-14-12-25)23-15-18-5-2-3-6-19(18)16-27-9-4-8-24-27;/h2-6,8-9,20H,7,10-17H2,1H3,(H,22,23);1H. The zero-order valence-corrected chi connectivity index (χ0v) is 19.4. The van der Waals surface area contributed by atoms with E-state index in [2.05, 4.69) is 49.5 Å². The van der Waals surface area contributed by atoms with Gasteiger partial charge in [-0.1, -0.05) is 24.3 Å². The van der Waals surface area contributed by atoms with Crippen molar-refractivity contribution in [2.24, 2.45) is 4.99 Å². The summed E-state index contributed by atoms with van der Waals surface area (Å²) < 4.78 is 7.45. The minimum Gasteiger partial charge on any atom is -0.379 e. The summed E-state index contributed by atoms with van der Waals surface area (Å²) in [5, 5.41) is 7.90. The first kappa shape index (κ1) is 22.0. The molecule has 3 heterocycles. The van der Waals surface area contributed by atoms with Gasteiger partial charge in [-0.2, -0.15) is 5.10 Å². The lowest BCUT2D eigenvalue weighted by molar-refractivity contribution is 0.0195. The van der Waals surface area contributed by atoms with Gasteiger partial charge in [0.25, 0.3) is 0 Å². The molecule has 2 aliphatic heterocycles. The summed E-state index contributed by atoms with van der Waals surface area (Å²) in [6.45, 7) is 7.45. The van der Waals surface area contributed by atoms with E-state index in [1.165, 1.54) is 17.5 Å². The van der Waals surface area contributed by atoms with Crippen LogP contribution in [-0.4, -0.2) is 78.0 Å². The van der Waals surface area contributed by atoms with Crippen LogP contribution in [0.1, 0.15) is 17.5 Å². The lowest BCUT2D eigenvalue weighted by Gasteiger charge is -2.32. The third-order valence-corrected chi connectivity index (χ3v) is 5.68. The van der Waals surface area contributed by atoms with Crippen LogP contribution in [0.15, 0.2) is 47.7 Å². The predicted molar refractivity (Wildman–Crippen MR) is 126 cm³/mol. The molecule has 0 spiro atoms. The Morgan fingerprint density at radius 2 is 1.97 bits per heavy atom. The van der Waals surface area contributed by atoms with E-state index < -0.39 is 0 Å². The maximum Gasteiger partial charge on any atom is 0.193 e. The number of hydrogen-bond donors (Lipinski definition) is 1. The third-order valence-electron chi connectivity index (χ3n) is 5.68. The number of benzene rings is 1. The number of rotatable bonds is 5. The quantitative estimate of drug-likeness (QED) is 0.379. The molecule has 8 heteroatoms. The number of halogens is 1. The molecule has 158 valence electrons. The lowest BCUT2D eigenvalue weighted by atomic mass is 10.1. The number of hydrogen-bond acceptors (Lipinski definition) is 4. The van der Waals surface area contributed by atoms with Crippen molar-refractivity contribution in [3.05, 3.63) is 53.9 Å². The minimum absolute atomic E-state index is 0. The Balaban J connectivity index is 0.00000240. The number of aliphatic imine (C=N–C) groups is 1. The van der Waals surface area contributed by atoms with Gasteiger partial charge in [-0.05, 0) is 23.6 Å². The highest BCUT2D eigenvalue weighted by molar-refractivity contribution is 14.0. The number of likely N-dealkylation sites (tertiary alicyclic amines) is 1. The molecule has 0 aliphatic carbocycles. The number of ether oxygens (including phenoxy) is 1. The van der Waals surface area contributed by atoms with Gasteiger partial charge in [0, 0.05) is 58.2 Å². The van der Waals surface area contributed by atoms with Crippen LogP contribution in [0.2, 0.25) is 0 Å². The van der Waals surface area contributed by atoms with Gasteiger partial charge in [0.1, 0.15) is 0 Å². The van der Waals surface area contributed by atoms with Gasteiger partial charge in [0.15, 0.2) is 5.96 Å². The van der Waals surface area contributed by atoms with E-state index in [-0.39, 0.29) is 24.0 Å². The summed E-state index contributed by atoms with van der Waals surface area (Å²) in [5.41, 5.74) is 2.56. The summed E-state index contributed by atoms with van der Waals surface area (Å²) in [6, 6.07) is 11.1. The average molecular weight is 510 g/mol. The van der Waals surface area contributed by atoms with Crippen molar-refractivity contribution < 1.29 is 4.74 Å². The summed E-state index contributed by atoms with van der Waals surface area (Å²) >= 11 is 0. The average Bonchev–Trinajstić information content (AvgIpc) is 3.43. The number of nitrogens with zero attached hydrogens (tertiary/aromatic N) is 5. The summed E-state index contributed by atoms with van der Waals surface area (Å²) in [5.74, 6) is 0.990. The second-order valence-electron chi connectivity index (χ2n) is 7.41. The van der Waals surface area contributed by atoms with Crippen LogP contribution < -0.4 is 5.32 Å². The molecular formula is C21H31IN6O. The second kappa shape index (κ2) is 10.9. The van der Waals surface area contributed by atoms with Crippen molar-refractivity contribution in [2.45, 2.75) is 25.6 Å². The highest BCUT2D eigenvalue weighted by Gasteiger charge is 2.30.